The second-order valence-electron chi connectivity index (χ2n) is 5.96. The minimum atomic E-state index is -1.76. The van der Waals surface area contributed by atoms with Gasteiger partial charge >= 0.3 is 5.54 Å². The van der Waals surface area contributed by atoms with Gasteiger partial charge in [-0.3, -0.25) is 10.1 Å². The van der Waals surface area contributed by atoms with E-state index < -0.39 is 22.7 Å². The van der Waals surface area contributed by atoms with E-state index in [0.717, 1.165) is 19.3 Å². The number of nitro groups is 1. The molecule has 132 valence electrons. The highest BCUT2D eigenvalue weighted by atomic mass is 16.6. The summed E-state index contributed by atoms with van der Waals surface area (Å²) in [7, 11) is 0. The van der Waals surface area contributed by atoms with Crippen molar-refractivity contribution in [2.24, 2.45) is 5.92 Å². The fourth-order valence-electron chi connectivity index (χ4n) is 2.97. The summed E-state index contributed by atoms with van der Waals surface area (Å²) < 4.78 is 17.2. The smallest absolute Gasteiger partial charge is 0.333 e. The van der Waals surface area contributed by atoms with E-state index in [9.17, 15) is 15.4 Å². The molecule has 1 saturated carbocycles. The van der Waals surface area contributed by atoms with Gasteiger partial charge in [-0.1, -0.05) is 20.8 Å². The summed E-state index contributed by atoms with van der Waals surface area (Å²) in [6, 6.07) is 1.90. The maximum atomic E-state index is 11.6. The summed E-state index contributed by atoms with van der Waals surface area (Å²) in [5.41, 5.74) is -1.76. The molecule has 1 fully saturated rings. The van der Waals surface area contributed by atoms with Crippen molar-refractivity contribution in [3.05, 3.63) is 10.1 Å². The molecule has 1 aliphatic rings. The van der Waals surface area contributed by atoms with Crippen LogP contribution in [0.15, 0.2) is 0 Å². The minimum absolute atomic E-state index is 0.100. The van der Waals surface area contributed by atoms with Crippen LogP contribution in [0, 0.1) is 27.4 Å². The molecule has 0 bridgehead atoms. The van der Waals surface area contributed by atoms with E-state index in [-0.39, 0.29) is 12.3 Å². The van der Waals surface area contributed by atoms with Crippen LogP contribution >= 0.6 is 0 Å². The van der Waals surface area contributed by atoms with Gasteiger partial charge in [-0.15, -0.1) is 0 Å². The van der Waals surface area contributed by atoms with Gasteiger partial charge in [0.05, 0.1) is 12.7 Å². The monoisotopic (exact) mass is 328 g/mol. The Balaban J connectivity index is 3.01. The summed E-state index contributed by atoms with van der Waals surface area (Å²) in [5.74, 6) is -0.208. The predicted molar refractivity (Wildman–Crippen MR) is 84.6 cm³/mol. The molecular formula is C16H28N2O5. The second kappa shape index (κ2) is 9.81. The number of nitriles is 1. The van der Waals surface area contributed by atoms with Crippen LogP contribution in [0.3, 0.4) is 0 Å². The molecule has 0 saturated heterocycles. The quantitative estimate of drug-likeness (QED) is 0.329. The molecule has 7 nitrogen and oxygen atoms in total. The molecule has 0 N–H and O–H groups in total. The Morgan fingerprint density at radius 1 is 1.17 bits per heavy atom. The molecule has 1 rings (SSSR count). The van der Waals surface area contributed by atoms with Gasteiger partial charge in [0, 0.05) is 37.1 Å². The summed E-state index contributed by atoms with van der Waals surface area (Å²) in [6.45, 7) is 7.71. The molecule has 23 heavy (non-hydrogen) atoms. The average Bonchev–Trinajstić information content (AvgIpc) is 2.85. The van der Waals surface area contributed by atoms with Gasteiger partial charge in [-0.2, -0.15) is 5.26 Å². The summed E-state index contributed by atoms with van der Waals surface area (Å²) in [4.78, 5) is 11.1. The van der Waals surface area contributed by atoms with Crippen LogP contribution in [-0.2, 0) is 14.2 Å². The molecule has 1 aliphatic carbocycles. The van der Waals surface area contributed by atoms with Gasteiger partial charge in [0.1, 0.15) is 6.07 Å². The number of hydrogen-bond donors (Lipinski definition) is 0. The first-order valence-corrected chi connectivity index (χ1v) is 8.44. The van der Waals surface area contributed by atoms with E-state index in [0.29, 0.717) is 26.4 Å². The standard InChI is InChI=1S/C16H28N2O5/c1-4-7-21-11-13-10-16(12-17,18(19)20)15(23-9-6-3)14(13)22-8-5-2/h13-15H,4-11H2,1-3H3/t13-,14+,15?,16+/m1/s1. The predicted octanol–water partition coefficient (Wildman–Crippen LogP) is 2.56. The van der Waals surface area contributed by atoms with Crippen molar-refractivity contribution in [2.75, 3.05) is 26.4 Å². The molecule has 0 spiro atoms. The highest BCUT2D eigenvalue weighted by Gasteiger charge is 2.64. The van der Waals surface area contributed by atoms with Gasteiger partial charge in [-0.05, 0) is 19.3 Å². The number of ether oxygens (including phenoxy) is 3. The molecule has 0 amide bonds. The van der Waals surface area contributed by atoms with Crippen LogP contribution in [-0.4, -0.2) is 49.1 Å². The minimum Gasteiger partial charge on any atom is -0.381 e. The summed E-state index contributed by atoms with van der Waals surface area (Å²) in [6.07, 6.45) is 1.17. The number of rotatable bonds is 11. The van der Waals surface area contributed by atoms with Crippen LogP contribution in [0.4, 0.5) is 0 Å². The first-order valence-electron chi connectivity index (χ1n) is 8.44. The van der Waals surface area contributed by atoms with Crippen molar-refractivity contribution >= 4 is 0 Å². The van der Waals surface area contributed by atoms with Gasteiger partial charge in [0.25, 0.3) is 0 Å². The molecule has 0 heterocycles. The summed E-state index contributed by atoms with van der Waals surface area (Å²) in [5, 5.41) is 21.2. The molecular weight excluding hydrogens is 300 g/mol. The lowest BCUT2D eigenvalue weighted by Crippen LogP contribution is -2.50. The van der Waals surface area contributed by atoms with Gasteiger partial charge < -0.3 is 14.2 Å². The highest BCUT2D eigenvalue weighted by molar-refractivity contribution is 5.16. The second-order valence-corrected chi connectivity index (χ2v) is 5.96. The normalized spacial score (nSPS) is 30.3. The zero-order valence-electron chi connectivity index (χ0n) is 14.3. The van der Waals surface area contributed by atoms with Crippen molar-refractivity contribution < 1.29 is 19.1 Å². The van der Waals surface area contributed by atoms with Crippen molar-refractivity contribution in [3.63, 3.8) is 0 Å². The van der Waals surface area contributed by atoms with E-state index >= 15 is 0 Å². The molecule has 0 radical (unpaired) electrons. The molecule has 7 heteroatoms. The third kappa shape index (κ3) is 4.63. The fourth-order valence-corrected chi connectivity index (χ4v) is 2.97. The van der Waals surface area contributed by atoms with Crippen molar-refractivity contribution in [3.8, 4) is 6.07 Å². The summed E-state index contributed by atoms with van der Waals surface area (Å²) >= 11 is 0. The molecule has 1 unspecified atom stereocenters. The van der Waals surface area contributed by atoms with E-state index in [1.807, 2.05) is 26.8 Å². The first kappa shape index (κ1) is 19.8. The van der Waals surface area contributed by atoms with E-state index in [4.69, 9.17) is 14.2 Å². The van der Waals surface area contributed by atoms with Crippen LogP contribution in [0.1, 0.15) is 46.5 Å². The maximum absolute atomic E-state index is 11.6. The Labute approximate surface area is 138 Å². The van der Waals surface area contributed by atoms with Crippen LogP contribution in [0.2, 0.25) is 0 Å². The Morgan fingerprint density at radius 2 is 1.78 bits per heavy atom. The largest absolute Gasteiger partial charge is 0.381 e. The number of nitrogens with zero attached hydrogens (tertiary/aromatic N) is 2. The third-order valence-corrected chi connectivity index (χ3v) is 4.02. The van der Waals surface area contributed by atoms with Crippen LogP contribution in [0.25, 0.3) is 0 Å². The van der Waals surface area contributed by atoms with Crippen LogP contribution in [0.5, 0.6) is 0 Å². The lowest BCUT2D eigenvalue weighted by atomic mass is 9.97. The Kier molecular flexibility index (Phi) is 8.45. The lowest BCUT2D eigenvalue weighted by Gasteiger charge is -2.26. The first-order chi connectivity index (χ1) is 11.1. The van der Waals surface area contributed by atoms with E-state index in [1.165, 1.54) is 0 Å². The highest BCUT2D eigenvalue weighted by Crippen LogP contribution is 2.41. The topological polar surface area (TPSA) is 94.6 Å². The Hall–Kier alpha value is -1.23. The van der Waals surface area contributed by atoms with Gasteiger partial charge in [-0.25, -0.2) is 0 Å². The fraction of sp³-hybridized carbons (Fsp3) is 0.938. The molecule has 4 atom stereocenters. The molecule has 0 aromatic heterocycles. The van der Waals surface area contributed by atoms with Crippen LogP contribution < -0.4 is 0 Å². The van der Waals surface area contributed by atoms with Crippen molar-refractivity contribution in [1.29, 1.82) is 5.26 Å². The van der Waals surface area contributed by atoms with Gasteiger partial charge in [0.2, 0.25) is 0 Å². The Morgan fingerprint density at radius 3 is 2.30 bits per heavy atom. The van der Waals surface area contributed by atoms with Crippen molar-refractivity contribution in [2.45, 2.75) is 64.2 Å². The SMILES string of the molecule is CCCOC[C@H]1C[C@@](C#N)([N+](=O)[O-])C(OCCC)[C@H]1OCCC. The lowest BCUT2D eigenvalue weighted by molar-refractivity contribution is -0.563. The van der Waals surface area contributed by atoms with Gasteiger partial charge in [0.15, 0.2) is 6.10 Å². The van der Waals surface area contributed by atoms with E-state index in [1.54, 1.807) is 0 Å². The third-order valence-electron chi connectivity index (χ3n) is 4.02. The average molecular weight is 328 g/mol. The maximum Gasteiger partial charge on any atom is 0.333 e. The van der Waals surface area contributed by atoms with E-state index in [2.05, 4.69) is 0 Å². The molecule has 0 aromatic rings. The molecule has 0 aromatic carbocycles. The zero-order valence-corrected chi connectivity index (χ0v) is 14.3. The number of hydrogen-bond acceptors (Lipinski definition) is 6. The zero-order chi connectivity index (χ0) is 17.3. The molecule has 0 aliphatic heterocycles. The van der Waals surface area contributed by atoms with Crippen molar-refractivity contribution in [1.82, 2.24) is 0 Å². The Bertz CT molecular complexity index is 412.